The molecule has 1 aliphatic heterocycles. The summed E-state index contributed by atoms with van der Waals surface area (Å²) in [5, 5.41) is 3.37. The van der Waals surface area contributed by atoms with Crippen molar-refractivity contribution in [2.45, 2.75) is 13.0 Å². The van der Waals surface area contributed by atoms with E-state index in [-0.39, 0.29) is 0 Å². The molecule has 3 aromatic rings. The average molecular weight is 224 g/mol. The molecule has 0 amide bonds. The van der Waals surface area contributed by atoms with Crippen LogP contribution in [0, 0.1) is 0 Å². The Bertz CT molecular complexity index is 714. The van der Waals surface area contributed by atoms with Gasteiger partial charge in [0, 0.05) is 37.0 Å². The van der Waals surface area contributed by atoms with Gasteiger partial charge >= 0.3 is 0 Å². The van der Waals surface area contributed by atoms with Crippen molar-refractivity contribution in [3.05, 3.63) is 41.7 Å². The van der Waals surface area contributed by atoms with Gasteiger partial charge < -0.3 is 5.32 Å². The van der Waals surface area contributed by atoms with Crippen LogP contribution in [0.4, 0.5) is 0 Å². The number of benzene rings is 1. The fourth-order valence-corrected chi connectivity index (χ4v) is 2.57. The summed E-state index contributed by atoms with van der Waals surface area (Å²) in [7, 11) is 0. The van der Waals surface area contributed by atoms with Crippen molar-refractivity contribution in [2.24, 2.45) is 0 Å². The number of nitrogens with one attached hydrogen (secondary N) is 1. The van der Waals surface area contributed by atoms with Gasteiger partial charge in [0.2, 0.25) is 5.78 Å². The van der Waals surface area contributed by atoms with E-state index >= 15 is 0 Å². The zero-order valence-corrected chi connectivity index (χ0v) is 9.35. The molecule has 4 rings (SSSR count). The molecule has 4 nitrogen and oxygen atoms in total. The fraction of sp³-hybridized carbons (Fsp3) is 0.231. The van der Waals surface area contributed by atoms with Crippen LogP contribution in [0.5, 0.6) is 0 Å². The molecule has 0 unspecified atom stereocenters. The Morgan fingerprint density at radius 2 is 2.18 bits per heavy atom. The molecule has 4 heteroatoms. The third kappa shape index (κ3) is 1.21. The Hall–Kier alpha value is -1.94. The minimum atomic E-state index is 0.812. The van der Waals surface area contributed by atoms with Gasteiger partial charge in [0.25, 0.3) is 0 Å². The van der Waals surface area contributed by atoms with Gasteiger partial charge in [-0.05, 0) is 12.1 Å². The molecule has 0 saturated carbocycles. The highest BCUT2D eigenvalue weighted by Gasteiger charge is 2.15. The van der Waals surface area contributed by atoms with Crippen LogP contribution in [0.2, 0.25) is 0 Å². The minimum Gasteiger partial charge on any atom is -0.312 e. The third-order valence-electron chi connectivity index (χ3n) is 3.37. The summed E-state index contributed by atoms with van der Waals surface area (Å²) in [6.07, 6.45) is 2.98. The molecule has 17 heavy (non-hydrogen) atoms. The van der Waals surface area contributed by atoms with E-state index in [0.717, 1.165) is 36.3 Å². The smallest absolute Gasteiger partial charge is 0.235 e. The minimum absolute atomic E-state index is 0.812. The first-order valence-electron chi connectivity index (χ1n) is 5.88. The van der Waals surface area contributed by atoms with Crippen LogP contribution in [0.1, 0.15) is 11.3 Å². The number of fused-ring (bicyclic) bond motifs is 5. The quantitative estimate of drug-likeness (QED) is 0.629. The zero-order chi connectivity index (χ0) is 11.2. The highest BCUT2D eigenvalue weighted by molar-refractivity contribution is 5.79. The van der Waals surface area contributed by atoms with Gasteiger partial charge in [-0.25, -0.2) is 9.97 Å². The highest BCUT2D eigenvalue weighted by atomic mass is 15.1. The number of aromatic nitrogens is 3. The predicted molar refractivity (Wildman–Crippen MR) is 65.9 cm³/mol. The van der Waals surface area contributed by atoms with Crippen molar-refractivity contribution in [1.82, 2.24) is 19.7 Å². The van der Waals surface area contributed by atoms with E-state index in [9.17, 15) is 0 Å². The first-order valence-corrected chi connectivity index (χ1v) is 5.88. The Kier molecular flexibility index (Phi) is 1.76. The van der Waals surface area contributed by atoms with Crippen LogP contribution in [0.15, 0.2) is 30.5 Å². The van der Waals surface area contributed by atoms with Crippen LogP contribution >= 0.6 is 0 Å². The first-order chi connectivity index (χ1) is 8.43. The first kappa shape index (κ1) is 9.13. The Morgan fingerprint density at radius 3 is 3.18 bits per heavy atom. The van der Waals surface area contributed by atoms with E-state index in [1.54, 1.807) is 0 Å². The maximum absolute atomic E-state index is 4.55. The third-order valence-corrected chi connectivity index (χ3v) is 3.37. The Balaban J connectivity index is 2.20. The standard InChI is InChI=1S/C13H12N4/c1-2-4-12-10(3-1)16-13-15-8-9-7-14-6-5-11(9)17(12)13/h1-4,8,14H,5-7H2. The summed E-state index contributed by atoms with van der Waals surface area (Å²) in [5.74, 6) is 0.812. The van der Waals surface area contributed by atoms with Crippen molar-refractivity contribution in [3.8, 4) is 0 Å². The molecule has 0 radical (unpaired) electrons. The largest absolute Gasteiger partial charge is 0.312 e. The predicted octanol–water partition coefficient (Wildman–Crippen LogP) is 1.53. The summed E-state index contributed by atoms with van der Waals surface area (Å²) in [6.45, 7) is 1.93. The Morgan fingerprint density at radius 1 is 1.24 bits per heavy atom. The lowest BCUT2D eigenvalue weighted by Crippen LogP contribution is -2.25. The molecule has 2 aromatic heterocycles. The molecule has 0 bridgehead atoms. The van der Waals surface area contributed by atoms with Crippen LogP contribution in [0.25, 0.3) is 16.8 Å². The summed E-state index contributed by atoms with van der Waals surface area (Å²) in [5.41, 5.74) is 4.81. The summed E-state index contributed by atoms with van der Waals surface area (Å²) >= 11 is 0. The number of hydrogen-bond donors (Lipinski definition) is 1. The van der Waals surface area contributed by atoms with Crippen LogP contribution in [-0.2, 0) is 13.0 Å². The van der Waals surface area contributed by atoms with Crippen LogP contribution < -0.4 is 5.32 Å². The summed E-state index contributed by atoms with van der Waals surface area (Å²) in [6, 6.07) is 8.22. The molecule has 0 aliphatic carbocycles. The van der Waals surface area contributed by atoms with Crippen molar-refractivity contribution in [1.29, 1.82) is 0 Å². The number of imidazole rings is 1. The van der Waals surface area contributed by atoms with Gasteiger partial charge in [-0.15, -0.1) is 0 Å². The van der Waals surface area contributed by atoms with Crippen molar-refractivity contribution < 1.29 is 0 Å². The lowest BCUT2D eigenvalue weighted by molar-refractivity contribution is 0.622. The second-order valence-corrected chi connectivity index (χ2v) is 4.39. The van der Waals surface area contributed by atoms with Gasteiger partial charge in [-0.2, -0.15) is 0 Å². The SMILES string of the molecule is c1ccc2c(c1)nc1ncc3c(n12)CCNC3. The van der Waals surface area contributed by atoms with E-state index in [1.807, 2.05) is 18.3 Å². The van der Waals surface area contributed by atoms with Crippen molar-refractivity contribution in [3.63, 3.8) is 0 Å². The average Bonchev–Trinajstić information content (AvgIpc) is 2.77. The maximum Gasteiger partial charge on any atom is 0.235 e. The number of rotatable bonds is 0. The van der Waals surface area contributed by atoms with E-state index in [1.165, 1.54) is 11.3 Å². The molecule has 1 N–H and O–H groups in total. The van der Waals surface area contributed by atoms with E-state index in [0.29, 0.717) is 0 Å². The second kappa shape index (κ2) is 3.28. The van der Waals surface area contributed by atoms with Crippen LogP contribution in [0.3, 0.4) is 0 Å². The maximum atomic E-state index is 4.55. The number of para-hydroxylation sites is 2. The molecular weight excluding hydrogens is 212 g/mol. The molecule has 0 spiro atoms. The molecule has 0 saturated heterocycles. The number of nitrogens with zero attached hydrogens (tertiary/aromatic N) is 3. The van der Waals surface area contributed by atoms with Crippen LogP contribution in [-0.4, -0.2) is 20.9 Å². The van der Waals surface area contributed by atoms with Crippen molar-refractivity contribution >= 4 is 16.8 Å². The van der Waals surface area contributed by atoms with Gasteiger partial charge in [-0.1, -0.05) is 12.1 Å². The monoisotopic (exact) mass is 224 g/mol. The zero-order valence-electron chi connectivity index (χ0n) is 9.35. The van der Waals surface area contributed by atoms with Crippen molar-refractivity contribution in [2.75, 3.05) is 6.54 Å². The lowest BCUT2D eigenvalue weighted by atomic mass is 10.1. The number of hydrogen-bond acceptors (Lipinski definition) is 3. The second-order valence-electron chi connectivity index (χ2n) is 4.39. The molecule has 0 atom stereocenters. The van der Waals surface area contributed by atoms with E-state index in [2.05, 4.69) is 31.8 Å². The molecule has 84 valence electrons. The Labute approximate surface area is 98.3 Å². The normalized spacial score (nSPS) is 15.3. The van der Waals surface area contributed by atoms with Gasteiger partial charge in [-0.3, -0.25) is 4.40 Å². The topological polar surface area (TPSA) is 42.2 Å². The summed E-state index contributed by atoms with van der Waals surface area (Å²) < 4.78 is 2.20. The van der Waals surface area contributed by atoms with E-state index in [4.69, 9.17) is 0 Å². The summed E-state index contributed by atoms with van der Waals surface area (Å²) in [4.78, 5) is 9.00. The van der Waals surface area contributed by atoms with E-state index < -0.39 is 0 Å². The highest BCUT2D eigenvalue weighted by Crippen LogP contribution is 2.21. The van der Waals surface area contributed by atoms with Gasteiger partial charge in [0.05, 0.1) is 11.0 Å². The fourth-order valence-electron chi connectivity index (χ4n) is 2.57. The van der Waals surface area contributed by atoms with Gasteiger partial charge in [0.15, 0.2) is 0 Å². The molecule has 1 aliphatic rings. The lowest BCUT2D eigenvalue weighted by Gasteiger charge is -2.17. The molecule has 1 aromatic carbocycles. The molecule has 3 heterocycles. The van der Waals surface area contributed by atoms with Gasteiger partial charge in [0.1, 0.15) is 0 Å². The molecular formula is C13H12N4. The molecule has 0 fully saturated rings.